The van der Waals surface area contributed by atoms with E-state index in [-0.39, 0.29) is 0 Å². The molecule has 5 heteroatoms. The van der Waals surface area contributed by atoms with Crippen molar-refractivity contribution in [1.29, 1.82) is 0 Å². The van der Waals surface area contributed by atoms with Gasteiger partial charge in [-0.1, -0.05) is 36.2 Å². The minimum atomic E-state index is 0.511. The summed E-state index contributed by atoms with van der Waals surface area (Å²) in [5.74, 6) is 0.818. The second kappa shape index (κ2) is 7.15. The van der Waals surface area contributed by atoms with Gasteiger partial charge in [0.2, 0.25) is 0 Å². The van der Waals surface area contributed by atoms with E-state index in [1.807, 2.05) is 30.3 Å². The van der Waals surface area contributed by atoms with Gasteiger partial charge in [-0.15, -0.1) is 11.3 Å². The van der Waals surface area contributed by atoms with Crippen molar-refractivity contribution in [2.45, 2.75) is 20.1 Å². The van der Waals surface area contributed by atoms with Gasteiger partial charge in [0.05, 0.1) is 4.34 Å². The van der Waals surface area contributed by atoms with Crippen molar-refractivity contribution in [3.8, 4) is 5.75 Å². The van der Waals surface area contributed by atoms with Gasteiger partial charge >= 0.3 is 0 Å². The predicted molar refractivity (Wildman–Crippen MR) is 82.5 cm³/mol. The number of ether oxygens (including phenoxy) is 1. The van der Waals surface area contributed by atoms with Crippen molar-refractivity contribution in [3.63, 3.8) is 0 Å². The summed E-state index contributed by atoms with van der Waals surface area (Å²) in [6.07, 6.45) is 0. The molecule has 102 valence electrons. The Balaban J connectivity index is 2.08. The number of halogens is 2. The Hall–Kier alpha value is -0.740. The Bertz CT molecular complexity index is 542. The topological polar surface area (TPSA) is 21.3 Å². The Labute approximate surface area is 127 Å². The summed E-state index contributed by atoms with van der Waals surface area (Å²) < 4.78 is 6.62. The molecule has 0 aliphatic heterocycles. The summed E-state index contributed by atoms with van der Waals surface area (Å²) in [5.41, 5.74) is 0.994. The lowest BCUT2D eigenvalue weighted by Crippen LogP contribution is -2.13. The molecule has 0 unspecified atom stereocenters. The van der Waals surface area contributed by atoms with E-state index in [0.717, 1.165) is 32.1 Å². The Kier molecular flexibility index (Phi) is 5.52. The summed E-state index contributed by atoms with van der Waals surface area (Å²) in [4.78, 5) is 1.10. The molecule has 0 radical (unpaired) electrons. The Morgan fingerprint density at radius 2 is 2.05 bits per heavy atom. The predicted octanol–water partition coefficient (Wildman–Crippen LogP) is 4.74. The second-order valence-corrected chi connectivity index (χ2v) is 6.20. The first-order valence-electron chi connectivity index (χ1n) is 6.06. The van der Waals surface area contributed by atoms with Crippen molar-refractivity contribution in [1.82, 2.24) is 5.32 Å². The lowest BCUT2D eigenvalue weighted by molar-refractivity contribution is 0.306. The summed E-state index contributed by atoms with van der Waals surface area (Å²) in [6.45, 7) is 4.17. The highest BCUT2D eigenvalue weighted by molar-refractivity contribution is 7.16. The average Bonchev–Trinajstić information content (AvgIpc) is 2.81. The molecular weight excluding hydrogens is 301 g/mol. The molecule has 1 aromatic heterocycles. The number of thiophene rings is 1. The van der Waals surface area contributed by atoms with Crippen molar-refractivity contribution >= 4 is 34.5 Å². The van der Waals surface area contributed by atoms with Gasteiger partial charge in [-0.3, -0.25) is 0 Å². The molecule has 1 aromatic carbocycles. The van der Waals surface area contributed by atoms with E-state index >= 15 is 0 Å². The van der Waals surface area contributed by atoms with Gasteiger partial charge in [0, 0.05) is 22.0 Å². The normalized spacial score (nSPS) is 10.7. The van der Waals surface area contributed by atoms with Crippen LogP contribution in [0.5, 0.6) is 5.75 Å². The van der Waals surface area contributed by atoms with E-state index in [1.165, 1.54) is 11.3 Å². The molecule has 0 saturated heterocycles. The molecular formula is C14H15Cl2NOS. The fourth-order valence-electron chi connectivity index (χ4n) is 1.67. The van der Waals surface area contributed by atoms with Crippen molar-refractivity contribution in [2.24, 2.45) is 0 Å². The molecule has 0 atom stereocenters. The fraction of sp³-hybridized carbons (Fsp3) is 0.286. The van der Waals surface area contributed by atoms with Gasteiger partial charge < -0.3 is 10.1 Å². The van der Waals surface area contributed by atoms with Crippen LogP contribution < -0.4 is 10.1 Å². The van der Waals surface area contributed by atoms with Gasteiger partial charge in [0.15, 0.2) is 0 Å². The number of rotatable bonds is 6. The zero-order valence-corrected chi connectivity index (χ0v) is 12.9. The van der Waals surface area contributed by atoms with Crippen molar-refractivity contribution < 1.29 is 4.74 Å². The van der Waals surface area contributed by atoms with Gasteiger partial charge in [0.25, 0.3) is 0 Å². The highest BCUT2D eigenvalue weighted by Gasteiger charge is 2.08. The maximum atomic E-state index is 6.21. The first-order valence-corrected chi connectivity index (χ1v) is 7.63. The molecule has 19 heavy (non-hydrogen) atoms. The molecule has 0 amide bonds. The minimum Gasteiger partial charge on any atom is -0.488 e. The van der Waals surface area contributed by atoms with E-state index in [4.69, 9.17) is 27.9 Å². The number of hydrogen-bond donors (Lipinski definition) is 1. The van der Waals surface area contributed by atoms with Gasteiger partial charge in [-0.25, -0.2) is 0 Å². The maximum Gasteiger partial charge on any atom is 0.125 e. The van der Waals surface area contributed by atoms with E-state index in [1.54, 1.807) is 0 Å². The number of hydrogen-bond acceptors (Lipinski definition) is 3. The van der Waals surface area contributed by atoms with Gasteiger partial charge in [-0.05, 0) is 30.8 Å². The smallest absolute Gasteiger partial charge is 0.125 e. The highest BCUT2D eigenvalue weighted by atomic mass is 35.5. The summed E-state index contributed by atoms with van der Waals surface area (Å²) in [7, 11) is 0. The summed E-state index contributed by atoms with van der Waals surface area (Å²) in [5, 5.41) is 3.99. The lowest BCUT2D eigenvalue weighted by Gasteiger charge is -2.12. The number of benzene rings is 1. The molecule has 2 rings (SSSR count). The van der Waals surface area contributed by atoms with Crippen molar-refractivity contribution in [2.75, 3.05) is 6.54 Å². The number of nitrogens with one attached hydrogen (secondary N) is 1. The molecule has 0 saturated carbocycles. The third kappa shape index (κ3) is 4.11. The quantitative estimate of drug-likeness (QED) is 0.831. The van der Waals surface area contributed by atoms with Gasteiger partial charge in [-0.2, -0.15) is 0 Å². The monoisotopic (exact) mass is 315 g/mol. The van der Waals surface area contributed by atoms with Crippen molar-refractivity contribution in [3.05, 3.63) is 50.1 Å². The largest absolute Gasteiger partial charge is 0.488 e. The van der Waals surface area contributed by atoms with Crippen LogP contribution in [-0.4, -0.2) is 6.54 Å². The molecule has 1 heterocycles. The maximum absolute atomic E-state index is 6.21. The first-order chi connectivity index (χ1) is 9.20. The summed E-state index contributed by atoms with van der Waals surface area (Å²) >= 11 is 13.6. The molecule has 0 aliphatic rings. The SMILES string of the molecule is CCNCc1c(Cl)cccc1OCc1ccc(Cl)s1. The van der Waals surface area contributed by atoms with Crippen LogP contribution in [-0.2, 0) is 13.2 Å². The third-order valence-corrected chi connectivity index (χ3v) is 4.19. The second-order valence-electron chi connectivity index (χ2n) is 3.99. The van der Waals surface area contributed by atoms with Gasteiger partial charge in [0.1, 0.15) is 12.4 Å². The molecule has 2 nitrogen and oxygen atoms in total. The molecule has 2 aromatic rings. The van der Waals surface area contributed by atoms with Crippen LogP contribution in [0.1, 0.15) is 17.4 Å². The van der Waals surface area contributed by atoms with Crippen LogP contribution in [0.25, 0.3) is 0 Å². The highest BCUT2D eigenvalue weighted by Crippen LogP contribution is 2.28. The van der Waals surface area contributed by atoms with E-state index in [0.29, 0.717) is 13.2 Å². The van der Waals surface area contributed by atoms with Crippen LogP contribution in [0.4, 0.5) is 0 Å². The molecule has 0 fully saturated rings. The first kappa shape index (κ1) is 14.7. The molecule has 0 bridgehead atoms. The van der Waals surface area contributed by atoms with Crippen LogP contribution in [0.3, 0.4) is 0 Å². The molecule has 0 spiro atoms. The molecule has 0 aliphatic carbocycles. The van der Waals surface area contributed by atoms with Crippen LogP contribution >= 0.6 is 34.5 Å². The lowest BCUT2D eigenvalue weighted by atomic mass is 10.2. The van der Waals surface area contributed by atoms with Crippen LogP contribution in [0.15, 0.2) is 30.3 Å². The minimum absolute atomic E-state index is 0.511. The zero-order chi connectivity index (χ0) is 13.7. The average molecular weight is 316 g/mol. The third-order valence-electron chi connectivity index (χ3n) is 2.63. The molecule has 1 N–H and O–H groups in total. The standard InChI is InChI=1S/C14H15Cl2NOS/c1-2-17-8-11-12(15)4-3-5-13(11)18-9-10-6-7-14(16)19-10/h3-7,17H,2,8-9H2,1H3. The van der Waals surface area contributed by atoms with E-state index in [2.05, 4.69) is 12.2 Å². The Morgan fingerprint density at radius 1 is 1.21 bits per heavy atom. The zero-order valence-electron chi connectivity index (χ0n) is 10.6. The fourth-order valence-corrected chi connectivity index (χ4v) is 2.91. The Morgan fingerprint density at radius 3 is 2.74 bits per heavy atom. The van der Waals surface area contributed by atoms with E-state index in [9.17, 15) is 0 Å². The van der Waals surface area contributed by atoms with Crippen LogP contribution in [0, 0.1) is 0 Å². The van der Waals surface area contributed by atoms with Crippen LogP contribution in [0.2, 0.25) is 9.36 Å². The summed E-state index contributed by atoms with van der Waals surface area (Å²) in [6, 6.07) is 9.56. The van der Waals surface area contributed by atoms with E-state index < -0.39 is 0 Å².